The highest BCUT2D eigenvalue weighted by Gasteiger charge is 2.10. The lowest BCUT2D eigenvalue weighted by molar-refractivity contribution is -0.143. The molecule has 1 aromatic carbocycles. The van der Waals surface area contributed by atoms with Crippen LogP contribution in [-0.2, 0) is 16.1 Å². The van der Waals surface area contributed by atoms with Gasteiger partial charge in [-0.2, -0.15) is 0 Å². The number of carbonyl (C=O) groups excluding carboxylic acids is 1. The molecule has 0 saturated carbocycles. The second-order valence-corrected chi connectivity index (χ2v) is 5.61. The topological polar surface area (TPSA) is 40.5 Å². The highest BCUT2D eigenvalue weighted by molar-refractivity contribution is 9.09. The molecule has 0 aliphatic rings. The second kappa shape index (κ2) is 7.50. The number of benzene rings is 1. The van der Waals surface area contributed by atoms with Crippen molar-refractivity contribution in [3.8, 4) is 5.75 Å². The number of fused-ring (bicyclic) bond motifs is 1. The third-order valence-corrected chi connectivity index (χ3v) is 3.76. The molecule has 4 nitrogen and oxygen atoms in total. The summed E-state index contributed by atoms with van der Waals surface area (Å²) in [5.74, 6) is 0.646. The van der Waals surface area contributed by atoms with Crippen LogP contribution in [0.5, 0.6) is 5.75 Å². The number of ether oxygens (including phenoxy) is 2. The molecule has 1 heterocycles. The van der Waals surface area contributed by atoms with E-state index in [2.05, 4.69) is 15.9 Å². The zero-order valence-corrected chi connectivity index (χ0v) is 14.0. The molecular weight excluding hydrogens is 334 g/mol. The van der Waals surface area contributed by atoms with Gasteiger partial charge >= 0.3 is 5.97 Å². The predicted octanol–water partition coefficient (Wildman–Crippen LogP) is 3.68. The van der Waals surface area contributed by atoms with E-state index in [1.165, 1.54) is 0 Å². The zero-order chi connectivity index (χ0) is 15.2. The summed E-state index contributed by atoms with van der Waals surface area (Å²) in [5, 5.41) is 2.04. The van der Waals surface area contributed by atoms with Crippen LogP contribution in [0.25, 0.3) is 10.9 Å². The quantitative estimate of drug-likeness (QED) is 0.433. The second-order valence-electron chi connectivity index (χ2n) is 4.81. The van der Waals surface area contributed by atoms with Crippen molar-refractivity contribution in [2.24, 2.45) is 0 Å². The molecule has 0 aliphatic heterocycles. The lowest BCUT2D eigenvalue weighted by atomic mass is 10.2. The third kappa shape index (κ3) is 4.00. The lowest BCUT2D eigenvalue weighted by Crippen LogP contribution is -2.12. The Morgan fingerprint density at radius 3 is 2.90 bits per heavy atom. The molecule has 114 valence electrons. The summed E-state index contributed by atoms with van der Waals surface area (Å²) in [6, 6.07) is 5.96. The summed E-state index contributed by atoms with van der Waals surface area (Å²) in [7, 11) is 0. The van der Waals surface area contributed by atoms with Crippen LogP contribution in [0.1, 0.15) is 18.9 Å². The number of halogens is 1. The number of esters is 1. The summed E-state index contributed by atoms with van der Waals surface area (Å²) in [4.78, 5) is 11.6. The maximum Gasteiger partial charge on any atom is 0.325 e. The number of nitrogens with zero attached hydrogens (tertiary/aromatic N) is 1. The van der Waals surface area contributed by atoms with Gasteiger partial charge in [0.25, 0.3) is 0 Å². The monoisotopic (exact) mass is 353 g/mol. The van der Waals surface area contributed by atoms with E-state index >= 15 is 0 Å². The number of carbonyl (C=O) groups is 1. The highest BCUT2D eigenvalue weighted by atomic mass is 79.9. The maximum absolute atomic E-state index is 11.6. The molecule has 0 unspecified atom stereocenters. The average molecular weight is 354 g/mol. The fraction of sp³-hybridized carbons (Fsp3) is 0.438. The molecular formula is C16H20BrNO3. The van der Waals surface area contributed by atoms with Crippen LogP contribution in [0.3, 0.4) is 0 Å². The molecule has 21 heavy (non-hydrogen) atoms. The molecule has 5 heteroatoms. The van der Waals surface area contributed by atoms with Crippen molar-refractivity contribution in [2.75, 3.05) is 18.5 Å². The predicted molar refractivity (Wildman–Crippen MR) is 87.2 cm³/mol. The first kappa shape index (κ1) is 15.9. The van der Waals surface area contributed by atoms with Crippen LogP contribution in [0.4, 0.5) is 0 Å². The van der Waals surface area contributed by atoms with Gasteiger partial charge in [-0.15, -0.1) is 0 Å². The van der Waals surface area contributed by atoms with Crippen molar-refractivity contribution >= 4 is 32.8 Å². The van der Waals surface area contributed by atoms with Crippen molar-refractivity contribution in [2.45, 2.75) is 26.8 Å². The van der Waals surface area contributed by atoms with E-state index in [1.807, 2.05) is 42.8 Å². The Morgan fingerprint density at radius 1 is 1.38 bits per heavy atom. The Balaban J connectivity index is 2.20. The van der Waals surface area contributed by atoms with Crippen LogP contribution < -0.4 is 4.74 Å². The number of rotatable bonds is 7. The molecule has 0 aliphatic carbocycles. The molecule has 0 radical (unpaired) electrons. The van der Waals surface area contributed by atoms with Crippen LogP contribution >= 0.6 is 15.9 Å². The van der Waals surface area contributed by atoms with E-state index in [0.717, 1.165) is 34.0 Å². The first-order chi connectivity index (χ1) is 10.2. The number of aromatic nitrogens is 1. The molecule has 0 spiro atoms. The van der Waals surface area contributed by atoms with E-state index < -0.39 is 0 Å². The van der Waals surface area contributed by atoms with Gasteiger partial charge in [0.2, 0.25) is 0 Å². The van der Waals surface area contributed by atoms with Gasteiger partial charge in [-0.3, -0.25) is 4.79 Å². The van der Waals surface area contributed by atoms with Crippen molar-refractivity contribution < 1.29 is 14.3 Å². The van der Waals surface area contributed by atoms with Crippen molar-refractivity contribution in [3.05, 3.63) is 30.0 Å². The summed E-state index contributed by atoms with van der Waals surface area (Å²) >= 11 is 3.39. The number of hydrogen-bond acceptors (Lipinski definition) is 3. The Bertz CT molecular complexity index is 621. The minimum Gasteiger partial charge on any atom is -0.494 e. The van der Waals surface area contributed by atoms with Crippen molar-refractivity contribution in [1.82, 2.24) is 4.57 Å². The van der Waals surface area contributed by atoms with Gasteiger partial charge in [-0.25, -0.2) is 0 Å². The summed E-state index contributed by atoms with van der Waals surface area (Å²) in [6.45, 7) is 5.18. The molecule has 0 atom stereocenters. The van der Waals surface area contributed by atoms with E-state index in [1.54, 1.807) is 0 Å². The number of alkyl halides is 1. The SMILES string of the molecule is CCOC(=O)Cn1cc(C)c2cc(OCCCBr)ccc21. The molecule has 0 amide bonds. The minimum atomic E-state index is -0.216. The lowest BCUT2D eigenvalue weighted by Gasteiger charge is -2.07. The van der Waals surface area contributed by atoms with E-state index in [-0.39, 0.29) is 12.5 Å². The smallest absolute Gasteiger partial charge is 0.325 e. The van der Waals surface area contributed by atoms with Crippen molar-refractivity contribution in [1.29, 1.82) is 0 Å². The molecule has 0 bridgehead atoms. The average Bonchev–Trinajstić information content (AvgIpc) is 2.76. The standard InChI is InChI=1S/C16H20BrNO3/c1-3-20-16(19)11-18-10-12(2)14-9-13(5-6-15(14)18)21-8-4-7-17/h5-6,9-10H,3-4,7-8,11H2,1-2H3. The third-order valence-electron chi connectivity index (χ3n) is 3.20. The van der Waals surface area contributed by atoms with Gasteiger partial charge in [0.15, 0.2) is 0 Å². The number of hydrogen-bond donors (Lipinski definition) is 0. The van der Waals surface area contributed by atoms with Crippen molar-refractivity contribution in [3.63, 3.8) is 0 Å². The van der Waals surface area contributed by atoms with Gasteiger partial charge in [0.05, 0.1) is 13.2 Å². The van der Waals surface area contributed by atoms with Gasteiger partial charge < -0.3 is 14.0 Å². The Labute approximate surface area is 133 Å². The zero-order valence-electron chi connectivity index (χ0n) is 12.4. The largest absolute Gasteiger partial charge is 0.494 e. The maximum atomic E-state index is 11.6. The summed E-state index contributed by atoms with van der Waals surface area (Å²) < 4.78 is 12.6. The van der Waals surface area contributed by atoms with Crippen LogP contribution in [0.2, 0.25) is 0 Å². The van der Waals surface area contributed by atoms with Crippen LogP contribution in [-0.4, -0.2) is 29.1 Å². The molecule has 0 N–H and O–H groups in total. The van der Waals surface area contributed by atoms with Crippen LogP contribution in [0.15, 0.2) is 24.4 Å². The highest BCUT2D eigenvalue weighted by Crippen LogP contribution is 2.25. The van der Waals surface area contributed by atoms with E-state index in [0.29, 0.717) is 13.2 Å². The first-order valence-corrected chi connectivity index (χ1v) is 8.21. The van der Waals surface area contributed by atoms with Gasteiger partial charge in [-0.1, -0.05) is 15.9 Å². The fourth-order valence-electron chi connectivity index (χ4n) is 2.27. The molecule has 2 aromatic rings. The molecule has 1 aromatic heterocycles. The summed E-state index contributed by atoms with van der Waals surface area (Å²) in [6.07, 6.45) is 2.95. The van der Waals surface area contributed by atoms with E-state index in [9.17, 15) is 4.79 Å². The fourth-order valence-corrected chi connectivity index (χ4v) is 2.49. The number of aryl methyl sites for hydroxylation is 1. The Morgan fingerprint density at radius 2 is 2.19 bits per heavy atom. The molecule has 0 saturated heterocycles. The van der Waals surface area contributed by atoms with E-state index in [4.69, 9.17) is 9.47 Å². The van der Waals surface area contributed by atoms with Gasteiger partial charge in [0, 0.05) is 22.4 Å². The molecule has 2 rings (SSSR count). The Hall–Kier alpha value is -1.49. The normalized spacial score (nSPS) is 10.8. The Kier molecular flexibility index (Phi) is 5.67. The van der Waals surface area contributed by atoms with Gasteiger partial charge in [-0.05, 0) is 44.0 Å². The summed E-state index contributed by atoms with van der Waals surface area (Å²) in [5.41, 5.74) is 2.15. The molecule has 0 fully saturated rings. The van der Waals surface area contributed by atoms with Crippen LogP contribution in [0, 0.1) is 6.92 Å². The minimum absolute atomic E-state index is 0.216. The first-order valence-electron chi connectivity index (χ1n) is 7.09. The van der Waals surface area contributed by atoms with Gasteiger partial charge in [0.1, 0.15) is 12.3 Å².